The average molecular weight is 189 g/mol. The molecule has 0 aliphatic carbocycles. The molecule has 64 valence electrons. The first kappa shape index (κ1) is 12.6. The number of aliphatic hydroxyl groups is 1. The topological polar surface area (TPSA) is 73.2 Å². The molecule has 0 spiro atoms. The SMILES string of the molecule is CC(O)(C(=O)[O-])c1cccnc1.[Na+]. The zero-order valence-electron chi connectivity index (χ0n) is 7.52. The molecule has 0 aliphatic rings. The van der Waals surface area contributed by atoms with Gasteiger partial charge in [-0.05, 0) is 13.0 Å². The minimum Gasteiger partial charge on any atom is -0.547 e. The summed E-state index contributed by atoms with van der Waals surface area (Å²) in [7, 11) is 0. The minimum atomic E-state index is -1.96. The van der Waals surface area contributed by atoms with Gasteiger partial charge in [-0.1, -0.05) is 6.07 Å². The largest absolute Gasteiger partial charge is 1.00 e. The summed E-state index contributed by atoms with van der Waals surface area (Å²) in [5, 5.41) is 19.8. The Bertz CT molecular complexity index is 287. The van der Waals surface area contributed by atoms with E-state index in [1.165, 1.54) is 18.5 Å². The second-order valence-corrected chi connectivity index (χ2v) is 2.60. The van der Waals surface area contributed by atoms with E-state index in [-0.39, 0.29) is 35.1 Å². The van der Waals surface area contributed by atoms with Crippen molar-refractivity contribution >= 4 is 5.97 Å². The predicted octanol–water partition coefficient (Wildman–Crippen LogP) is -3.96. The number of aromatic nitrogens is 1. The average Bonchev–Trinajstić information content (AvgIpc) is 2.06. The molecule has 1 heterocycles. The van der Waals surface area contributed by atoms with Crippen LogP contribution >= 0.6 is 0 Å². The fourth-order valence-corrected chi connectivity index (χ4v) is 0.769. The van der Waals surface area contributed by atoms with E-state index in [1.54, 1.807) is 6.07 Å². The summed E-state index contributed by atoms with van der Waals surface area (Å²) in [6.45, 7) is 1.15. The molecule has 0 aliphatic heterocycles. The van der Waals surface area contributed by atoms with Gasteiger partial charge < -0.3 is 15.0 Å². The molecule has 0 radical (unpaired) electrons. The monoisotopic (exact) mass is 189 g/mol. The molecular formula is C8H8NNaO3. The number of carboxylic acids is 1. The van der Waals surface area contributed by atoms with E-state index >= 15 is 0 Å². The number of carbonyl (C=O) groups is 1. The molecule has 1 rings (SSSR count). The summed E-state index contributed by atoms with van der Waals surface area (Å²) in [5.41, 5.74) is -1.75. The fourth-order valence-electron chi connectivity index (χ4n) is 0.769. The van der Waals surface area contributed by atoms with Gasteiger partial charge in [-0.25, -0.2) is 0 Å². The van der Waals surface area contributed by atoms with E-state index in [1.807, 2.05) is 0 Å². The maximum Gasteiger partial charge on any atom is 1.00 e. The van der Waals surface area contributed by atoms with Gasteiger partial charge in [0.1, 0.15) is 5.60 Å². The molecule has 4 nitrogen and oxygen atoms in total. The number of carbonyl (C=O) groups excluding carboxylic acids is 1. The number of pyridine rings is 1. The predicted molar refractivity (Wildman–Crippen MR) is 38.8 cm³/mol. The van der Waals surface area contributed by atoms with Crippen LogP contribution in [0.15, 0.2) is 24.5 Å². The zero-order chi connectivity index (χ0) is 9.19. The number of rotatable bonds is 2. The van der Waals surface area contributed by atoms with Crippen LogP contribution in [0.1, 0.15) is 12.5 Å². The summed E-state index contributed by atoms with van der Waals surface area (Å²) < 4.78 is 0. The van der Waals surface area contributed by atoms with Crippen molar-refractivity contribution in [2.24, 2.45) is 0 Å². The number of carboxylic acid groups (broad SMARTS) is 1. The molecule has 0 aromatic carbocycles. The van der Waals surface area contributed by atoms with Gasteiger partial charge in [-0.2, -0.15) is 0 Å². The van der Waals surface area contributed by atoms with Gasteiger partial charge in [0.2, 0.25) is 0 Å². The van der Waals surface area contributed by atoms with Crippen LogP contribution < -0.4 is 34.7 Å². The van der Waals surface area contributed by atoms with Crippen molar-refractivity contribution in [1.29, 1.82) is 0 Å². The Kier molecular flexibility index (Phi) is 4.56. The molecule has 0 saturated carbocycles. The molecule has 1 unspecified atom stereocenters. The Hall–Kier alpha value is -0.420. The van der Waals surface area contributed by atoms with E-state index in [0.29, 0.717) is 0 Å². The molecule has 1 aromatic rings. The summed E-state index contributed by atoms with van der Waals surface area (Å²) in [6, 6.07) is 3.02. The second kappa shape index (κ2) is 4.72. The van der Waals surface area contributed by atoms with Crippen molar-refractivity contribution in [3.05, 3.63) is 30.1 Å². The van der Waals surface area contributed by atoms with E-state index < -0.39 is 11.6 Å². The van der Waals surface area contributed by atoms with Gasteiger partial charge in [0, 0.05) is 18.0 Å². The summed E-state index contributed by atoms with van der Waals surface area (Å²) in [4.78, 5) is 14.1. The molecule has 1 N–H and O–H groups in total. The molecule has 13 heavy (non-hydrogen) atoms. The first-order valence-corrected chi connectivity index (χ1v) is 3.39. The van der Waals surface area contributed by atoms with Gasteiger partial charge in [0.15, 0.2) is 0 Å². The molecule has 1 aromatic heterocycles. The quantitative estimate of drug-likeness (QED) is 0.482. The standard InChI is InChI=1S/C8H9NO3.Na/c1-8(12,7(10)11)6-3-2-4-9-5-6;/h2-5,12H,1H3,(H,10,11);/q;+1/p-1. The van der Waals surface area contributed by atoms with Crippen LogP contribution in [0.3, 0.4) is 0 Å². The van der Waals surface area contributed by atoms with Gasteiger partial charge in [-0.3, -0.25) is 4.98 Å². The van der Waals surface area contributed by atoms with Crippen LogP contribution in [0.25, 0.3) is 0 Å². The molecule has 0 amide bonds. The van der Waals surface area contributed by atoms with Gasteiger partial charge >= 0.3 is 29.6 Å². The summed E-state index contributed by atoms with van der Waals surface area (Å²) in [6.07, 6.45) is 2.78. The van der Waals surface area contributed by atoms with Crippen molar-refractivity contribution in [3.63, 3.8) is 0 Å². The van der Waals surface area contributed by atoms with Crippen molar-refractivity contribution in [3.8, 4) is 0 Å². The Labute approximate surface area is 97.9 Å². The third-order valence-corrected chi connectivity index (χ3v) is 1.62. The third kappa shape index (κ3) is 2.77. The third-order valence-electron chi connectivity index (χ3n) is 1.62. The second-order valence-electron chi connectivity index (χ2n) is 2.60. The Morgan fingerprint density at radius 3 is 2.69 bits per heavy atom. The molecule has 0 fully saturated rings. The van der Waals surface area contributed by atoms with Crippen LogP contribution in [-0.4, -0.2) is 16.1 Å². The van der Waals surface area contributed by atoms with Crippen LogP contribution in [-0.2, 0) is 10.4 Å². The normalized spacial score (nSPS) is 14.0. The zero-order valence-corrected chi connectivity index (χ0v) is 9.52. The molecular weight excluding hydrogens is 181 g/mol. The number of aliphatic carboxylic acids is 1. The first-order valence-electron chi connectivity index (χ1n) is 3.39. The fraction of sp³-hybridized carbons (Fsp3) is 0.250. The van der Waals surface area contributed by atoms with Crippen LogP contribution in [0.2, 0.25) is 0 Å². The van der Waals surface area contributed by atoms with Gasteiger partial charge in [0.05, 0.1) is 5.97 Å². The molecule has 0 bridgehead atoms. The summed E-state index contributed by atoms with van der Waals surface area (Å²) >= 11 is 0. The van der Waals surface area contributed by atoms with E-state index in [4.69, 9.17) is 0 Å². The van der Waals surface area contributed by atoms with E-state index in [2.05, 4.69) is 4.98 Å². The van der Waals surface area contributed by atoms with E-state index in [0.717, 1.165) is 6.92 Å². The van der Waals surface area contributed by atoms with Crippen molar-refractivity contribution in [1.82, 2.24) is 4.98 Å². The maximum absolute atomic E-state index is 10.4. The summed E-state index contributed by atoms with van der Waals surface area (Å²) in [5.74, 6) is -1.53. The van der Waals surface area contributed by atoms with Crippen LogP contribution in [0.5, 0.6) is 0 Å². The number of nitrogens with zero attached hydrogens (tertiary/aromatic N) is 1. The van der Waals surface area contributed by atoms with Crippen molar-refractivity contribution in [2.75, 3.05) is 0 Å². The van der Waals surface area contributed by atoms with Crippen LogP contribution in [0.4, 0.5) is 0 Å². The minimum absolute atomic E-state index is 0. The van der Waals surface area contributed by atoms with Crippen LogP contribution in [0, 0.1) is 0 Å². The first-order chi connectivity index (χ1) is 5.55. The molecule has 1 atom stereocenters. The Morgan fingerprint density at radius 2 is 2.31 bits per heavy atom. The Morgan fingerprint density at radius 1 is 1.69 bits per heavy atom. The number of hydrogen-bond acceptors (Lipinski definition) is 4. The number of hydrogen-bond donors (Lipinski definition) is 1. The maximum atomic E-state index is 10.4. The van der Waals surface area contributed by atoms with Gasteiger partial charge in [-0.15, -0.1) is 0 Å². The van der Waals surface area contributed by atoms with Crippen molar-refractivity contribution in [2.45, 2.75) is 12.5 Å². The molecule has 0 saturated heterocycles. The van der Waals surface area contributed by atoms with Gasteiger partial charge in [0.25, 0.3) is 0 Å². The smallest absolute Gasteiger partial charge is 0.547 e. The molecule has 5 heteroatoms. The van der Waals surface area contributed by atoms with Crippen molar-refractivity contribution < 1.29 is 44.6 Å². The van der Waals surface area contributed by atoms with E-state index in [9.17, 15) is 15.0 Å². The Balaban J connectivity index is 0.00000144.